The van der Waals surface area contributed by atoms with Crippen molar-refractivity contribution in [3.63, 3.8) is 0 Å². The molecule has 1 heterocycles. The number of methoxy groups -OCH3 is 1. The van der Waals surface area contributed by atoms with Crippen molar-refractivity contribution in [2.45, 2.75) is 88.5 Å². The van der Waals surface area contributed by atoms with E-state index in [2.05, 4.69) is 20.8 Å². The van der Waals surface area contributed by atoms with Gasteiger partial charge in [-0.25, -0.2) is 4.79 Å². The quantitative estimate of drug-likeness (QED) is 0.414. The fraction of sp³-hybridized carbons (Fsp3) is 0.947. The molecular weight excluding hydrogens is 356 g/mol. The third-order valence-electron chi connectivity index (χ3n) is 6.44. The van der Waals surface area contributed by atoms with Gasteiger partial charge in [0.25, 0.3) is 0 Å². The molecule has 2 aliphatic rings. The summed E-state index contributed by atoms with van der Waals surface area (Å²) in [7, 11) is 1.16. The average molecular weight is 390 g/mol. The zero-order chi connectivity index (χ0) is 20.6. The Balaban J connectivity index is 2.38. The van der Waals surface area contributed by atoms with Crippen LogP contribution in [-0.4, -0.2) is 80.8 Å². The van der Waals surface area contributed by atoms with Crippen molar-refractivity contribution in [3.8, 4) is 0 Å². The van der Waals surface area contributed by atoms with E-state index in [1.807, 2.05) is 0 Å². The van der Waals surface area contributed by atoms with Gasteiger partial charge in [-0.3, -0.25) is 0 Å². The molecule has 0 amide bonds. The van der Waals surface area contributed by atoms with Gasteiger partial charge in [0.2, 0.25) is 0 Å². The van der Waals surface area contributed by atoms with Crippen molar-refractivity contribution in [1.82, 2.24) is 0 Å². The molecule has 5 atom stereocenters. The predicted molar refractivity (Wildman–Crippen MR) is 95.7 cm³/mol. The Hall–Kier alpha value is -0.770. The summed E-state index contributed by atoms with van der Waals surface area (Å²) < 4.78 is 10.7. The average Bonchev–Trinajstić information content (AvgIpc) is 2.61. The molecule has 0 spiro atoms. The number of ether oxygens (including phenoxy) is 2. The standard InChI is InChI=1S/C19H34O8/c1-17(2,3)11-5-7-18(25,8-6-11)19(16(24)26-4)9-12(21)14(23)15(27-19)13(22)10-20/h11-15,20-23,25H,5-10H2,1-4H3/t11?,12-,13-,14-,15?,18?,19+/m1/s1. The Morgan fingerprint density at radius 3 is 2.26 bits per heavy atom. The van der Waals surface area contributed by atoms with Gasteiger partial charge in [0.15, 0.2) is 5.60 Å². The van der Waals surface area contributed by atoms with Gasteiger partial charge in [0.05, 0.1) is 19.8 Å². The molecule has 0 bridgehead atoms. The minimum absolute atomic E-state index is 0.0541. The highest BCUT2D eigenvalue weighted by Gasteiger charge is 2.64. The maximum Gasteiger partial charge on any atom is 0.341 e. The van der Waals surface area contributed by atoms with Gasteiger partial charge in [0, 0.05) is 6.42 Å². The Morgan fingerprint density at radius 2 is 1.81 bits per heavy atom. The van der Waals surface area contributed by atoms with E-state index in [0.717, 1.165) is 7.11 Å². The number of carbonyl (C=O) groups excluding carboxylic acids is 1. The first kappa shape index (κ1) is 22.5. The zero-order valence-electron chi connectivity index (χ0n) is 16.6. The Bertz CT molecular complexity index is 522. The summed E-state index contributed by atoms with van der Waals surface area (Å²) in [4.78, 5) is 12.7. The molecule has 27 heavy (non-hydrogen) atoms. The van der Waals surface area contributed by atoms with E-state index in [9.17, 15) is 30.3 Å². The number of rotatable bonds is 4. The van der Waals surface area contributed by atoms with Crippen LogP contribution < -0.4 is 0 Å². The fourth-order valence-corrected chi connectivity index (χ4v) is 4.55. The molecule has 1 aliphatic heterocycles. The maximum atomic E-state index is 12.7. The van der Waals surface area contributed by atoms with Crippen LogP contribution in [0.1, 0.15) is 52.9 Å². The lowest BCUT2D eigenvalue weighted by Gasteiger charge is -2.54. The Labute approximate surface area is 160 Å². The van der Waals surface area contributed by atoms with Gasteiger partial charge in [-0.15, -0.1) is 0 Å². The molecule has 8 nitrogen and oxygen atoms in total. The molecule has 1 saturated heterocycles. The van der Waals surface area contributed by atoms with Crippen LogP contribution in [0.2, 0.25) is 0 Å². The lowest BCUT2D eigenvalue weighted by atomic mass is 9.62. The van der Waals surface area contributed by atoms with Crippen molar-refractivity contribution in [3.05, 3.63) is 0 Å². The van der Waals surface area contributed by atoms with Crippen LogP contribution in [0.3, 0.4) is 0 Å². The van der Waals surface area contributed by atoms with E-state index in [0.29, 0.717) is 18.8 Å². The van der Waals surface area contributed by atoms with Gasteiger partial charge < -0.3 is 35.0 Å². The van der Waals surface area contributed by atoms with Crippen molar-refractivity contribution in [1.29, 1.82) is 0 Å². The third kappa shape index (κ3) is 4.02. The molecule has 1 saturated carbocycles. The molecule has 0 aromatic rings. The Kier molecular flexibility index (Phi) is 6.61. The van der Waals surface area contributed by atoms with Crippen molar-refractivity contribution < 1.29 is 39.8 Å². The molecule has 0 aromatic heterocycles. The molecular formula is C19H34O8. The van der Waals surface area contributed by atoms with Crippen molar-refractivity contribution >= 4 is 5.97 Å². The van der Waals surface area contributed by atoms with Gasteiger partial charge in [-0.2, -0.15) is 0 Å². The molecule has 8 heteroatoms. The summed E-state index contributed by atoms with van der Waals surface area (Å²) in [5, 5.41) is 51.2. The van der Waals surface area contributed by atoms with Gasteiger partial charge >= 0.3 is 5.97 Å². The van der Waals surface area contributed by atoms with E-state index in [-0.39, 0.29) is 24.7 Å². The summed E-state index contributed by atoms with van der Waals surface area (Å²) >= 11 is 0. The SMILES string of the molecule is COC(=O)[C@]1(C2(O)CCC(C(C)(C)C)CC2)C[C@@H](O)[C@@H](O)C([C@H](O)CO)O1. The summed E-state index contributed by atoms with van der Waals surface area (Å²) in [6.45, 7) is 5.66. The fourth-order valence-electron chi connectivity index (χ4n) is 4.55. The highest BCUT2D eigenvalue weighted by atomic mass is 16.6. The topological polar surface area (TPSA) is 137 Å². The van der Waals surface area contributed by atoms with Crippen molar-refractivity contribution in [2.24, 2.45) is 11.3 Å². The first-order valence-electron chi connectivity index (χ1n) is 9.55. The summed E-state index contributed by atoms with van der Waals surface area (Å²) in [6, 6.07) is 0. The second-order valence-electron chi connectivity index (χ2n) is 9.08. The van der Waals surface area contributed by atoms with Crippen LogP contribution >= 0.6 is 0 Å². The number of carbonyl (C=O) groups is 1. The second kappa shape index (κ2) is 7.93. The number of esters is 1. The molecule has 1 unspecified atom stereocenters. The number of aliphatic hydroxyl groups is 5. The van der Waals surface area contributed by atoms with Gasteiger partial charge in [-0.1, -0.05) is 20.8 Å². The second-order valence-corrected chi connectivity index (χ2v) is 9.08. The molecule has 0 aromatic carbocycles. The lowest BCUT2D eigenvalue weighted by Crippen LogP contribution is -2.71. The lowest BCUT2D eigenvalue weighted by molar-refractivity contribution is -0.296. The van der Waals surface area contributed by atoms with Crippen LogP contribution in [0, 0.1) is 11.3 Å². The first-order valence-corrected chi connectivity index (χ1v) is 9.55. The van der Waals surface area contributed by atoms with Crippen LogP contribution in [0.25, 0.3) is 0 Å². The van der Waals surface area contributed by atoms with E-state index in [4.69, 9.17) is 9.47 Å². The van der Waals surface area contributed by atoms with Crippen molar-refractivity contribution in [2.75, 3.05) is 13.7 Å². The molecule has 1 aliphatic carbocycles. The number of aliphatic hydroxyl groups excluding tert-OH is 4. The smallest absolute Gasteiger partial charge is 0.341 e. The highest BCUT2D eigenvalue weighted by molar-refractivity contribution is 5.81. The largest absolute Gasteiger partial charge is 0.467 e. The third-order valence-corrected chi connectivity index (χ3v) is 6.44. The summed E-state index contributed by atoms with van der Waals surface area (Å²) in [6.07, 6.45) is -4.39. The predicted octanol–water partition coefficient (Wildman–Crippen LogP) is -0.270. The van der Waals surface area contributed by atoms with E-state index in [1.54, 1.807) is 0 Å². The van der Waals surface area contributed by atoms with E-state index in [1.165, 1.54) is 0 Å². The number of hydrogen-bond donors (Lipinski definition) is 5. The Morgan fingerprint density at radius 1 is 1.26 bits per heavy atom. The summed E-state index contributed by atoms with van der Waals surface area (Å²) in [5.74, 6) is -0.509. The highest BCUT2D eigenvalue weighted by Crippen LogP contribution is 2.50. The van der Waals surface area contributed by atoms with Crippen LogP contribution in [-0.2, 0) is 14.3 Å². The monoisotopic (exact) mass is 390 g/mol. The maximum absolute atomic E-state index is 12.7. The molecule has 2 rings (SSSR count). The van der Waals surface area contributed by atoms with Crippen LogP contribution in [0.15, 0.2) is 0 Å². The zero-order valence-corrected chi connectivity index (χ0v) is 16.6. The van der Waals surface area contributed by atoms with Crippen LogP contribution in [0.5, 0.6) is 0 Å². The molecule has 158 valence electrons. The molecule has 5 N–H and O–H groups in total. The van der Waals surface area contributed by atoms with Gasteiger partial charge in [0.1, 0.15) is 23.9 Å². The normalized spacial score (nSPS) is 41.8. The minimum atomic E-state index is -1.93. The summed E-state index contributed by atoms with van der Waals surface area (Å²) in [5.41, 5.74) is -3.49. The molecule has 0 radical (unpaired) electrons. The number of hydrogen-bond acceptors (Lipinski definition) is 8. The van der Waals surface area contributed by atoms with Crippen LogP contribution in [0.4, 0.5) is 0 Å². The minimum Gasteiger partial charge on any atom is -0.467 e. The first-order chi connectivity index (χ1) is 12.4. The van der Waals surface area contributed by atoms with Gasteiger partial charge in [-0.05, 0) is 37.0 Å². The molecule has 2 fully saturated rings. The van der Waals surface area contributed by atoms with E-state index < -0.39 is 48.2 Å². The van der Waals surface area contributed by atoms with E-state index >= 15 is 0 Å².